The lowest BCUT2D eigenvalue weighted by Gasteiger charge is -2.10. The van der Waals surface area contributed by atoms with Gasteiger partial charge in [-0.1, -0.05) is 355 Å². The number of halogens is 2. The van der Waals surface area contributed by atoms with Crippen LogP contribution in [-0.4, -0.2) is 40.4 Å². The van der Waals surface area contributed by atoms with Gasteiger partial charge in [-0.05, 0) is 241 Å². The van der Waals surface area contributed by atoms with Gasteiger partial charge in [-0.25, -0.2) is 0 Å². The highest BCUT2D eigenvalue weighted by Crippen LogP contribution is 2.44. The molecule has 5 heterocycles. The maximum atomic E-state index is 9.10. The van der Waals surface area contributed by atoms with Crippen molar-refractivity contribution in [1.29, 1.82) is 0 Å². The Hall–Kier alpha value is -15.8. The molecule has 131 heavy (non-hydrogen) atoms. The van der Waals surface area contributed by atoms with Gasteiger partial charge < -0.3 is 33.3 Å². The lowest BCUT2D eigenvalue weighted by Crippen LogP contribution is -2.29. The molecule has 1 aliphatic rings. The Morgan fingerprint density at radius 2 is 0.519 bits per heavy atom. The minimum Gasteiger partial charge on any atom is -0.423 e. The zero-order chi connectivity index (χ0) is 87.8. The number of nitrogens with zero attached hydrogens (tertiary/aromatic N) is 4. The predicted molar refractivity (Wildman–Crippen MR) is 557 cm³/mol. The Kier molecular flexibility index (Phi) is 21.9. The third-order valence-corrected chi connectivity index (χ3v) is 26.2. The van der Waals surface area contributed by atoms with E-state index in [0.717, 1.165) is 37.7 Å². The largest absolute Gasteiger partial charge is 0.488 e. The van der Waals surface area contributed by atoms with Crippen LogP contribution < -0.4 is 5.46 Å². The number of para-hydroxylation sites is 9. The van der Waals surface area contributed by atoms with E-state index < -0.39 is 7.12 Å². The molecule has 7 nitrogen and oxygen atoms in total. The quantitative estimate of drug-likeness (QED) is 0.119. The molecule has 26 rings (SSSR count). The highest BCUT2D eigenvalue weighted by molar-refractivity contribution is 9.10. The van der Waals surface area contributed by atoms with E-state index in [1.165, 1.54) is 188 Å². The Bertz CT molecular complexity index is 8520. The van der Waals surface area contributed by atoms with Crippen molar-refractivity contribution in [2.75, 3.05) is 0 Å². The number of aromatic amines is 1. The molecule has 20 aromatic carbocycles. The summed E-state index contributed by atoms with van der Waals surface area (Å²) >= 11 is 9.35. The molecule has 1 aliphatic carbocycles. The fourth-order valence-corrected chi connectivity index (χ4v) is 19.6. The van der Waals surface area contributed by atoms with E-state index in [9.17, 15) is 0 Å². The number of fused-ring (bicyclic) bond motifs is 18. The number of hydrogen-bond donors (Lipinski definition) is 3. The van der Waals surface area contributed by atoms with Crippen molar-refractivity contribution in [2.45, 2.75) is 6.42 Å². The van der Waals surface area contributed by atoms with Crippen molar-refractivity contribution >= 4 is 149 Å². The average Bonchev–Trinajstić information content (AvgIpc) is 1.60. The summed E-state index contributed by atoms with van der Waals surface area (Å²) in [6, 6.07) is 169. The smallest absolute Gasteiger partial charge is 0.423 e. The highest BCUT2D eigenvalue weighted by atomic mass is 79.9. The summed E-state index contributed by atoms with van der Waals surface area (Å²) in [4.78, 5) is 3.25. The fourth-order valence-electron chi connectivity index (χ4n) is 19.2. The van der Waals surface area contributed by atoms with E-state index in [1.54, 1.807) is 12.1 Å². The van der Waals surface area contributed by atoms with Crippen LogP contribution in [0.3, 0.4) is 0 Å². The maximum absolute atomic E-state index is 9.10. The summed E-state index contributed by atoms with van der Waals surface area (Å²) in [6.45, 7) is 0. The van der Waals surface area contributed by atoms with Crippen LogP contribution in [0.2, 0.25) is 5.02 Å². The minimum absolute atomic E-state index is 0.499. The van der Waals surface area contributed by atoms with E-state index in [-0.39, 0.29) is 0 Å². The van der Waals surface area contributed by atoms with Gasteiger partial charge in [-0.2, -0.15) is 0 Å². The molecule has 0 saturated carbocycles. The summed E-state index contributed by atoms with van der Waals surface area (Å²) in [5.41, 5.74) is 34.9. The normalized spacial score (nSPS) is 11.5. The van der Waals surface area contributed by atoms with Crippen molar-refractivity contribution in [3.8, 4) is 89.5 Å². The van der Waals surface area contributed by atoms with Crippen molar-refractivity contribution in [3.05, 3.63) is 500 Å². The average molecular weight is 1770 g/mol. The summed E-state index contributed by atoms with van der Waals surface area (Å²) in [7, 11) is -1.42. The van der Waals surface area contributed by atoms with Crippen LogP contribution >= 0.6 is 27.5 Å². The van der Waals surface area contributed by atoms with E-state index in [2.05, 4.69) is 433 Å². The number of aromatic nitrogens is 5. The van der Waals surface area contributed by atoms with E-state index in [0.29, 0.717) is 5.46 Å². The lowest BCUT2D eigenvalue weighted by atomic mass is 9.80. The number of benzene rings is 20. The molecular formula is C121H84BBrClN5O2. The molecule has 622 valence electrons. The van der Waals surface area contributed by atoms with Gasteiger partial charge >= 0.3 is 7.12 Å². The topological polar surface area (TPSA) is 76.0 Å². The molecule has 10 heteroatoms. The first-order chi connectivity index (χ1) is 64.6. The third kappa shape index (κ3) is 15.7. The molecule has 3 N–H and O–H groups in total. The SMILES string of the molecule is Brc1ccccc1.Clc1ccc(-c2ccc3c(c2)c2ccccc2n3-c2ccccc2)cc1.OB(O)c1ccc2c(c1)[nH]c1ccccc12.c1ccc(-n2c3ccccc3c3cc(-c4ccc(-c5ccc6c(c5)Cc5ccccc5-6)cc4)ccc32)cc1.c1ccc(-n2c3ccccc3c3cc(-c4ccc(-c5ccc6c7ccccc7n(-c7ccccc7)c6c5)cc4)ccc32)cc1. The lowest BCUT2D eigenvalue weighted by molar-refractivity contribution is 0.426. The molecular weight excluding hydrogens is 1680 g/mol. The monoisotopic (exact) mass is 1760 g/mol. The Balaban J connectivity index is 0.000000104. The molecule has 0 fully saturated rings. The van der Waals surface area contributed by atoms with Crippen molar-refractivity contribution < 1.29 is 10.0 Å². The number of H-pyrrole nitrogens is 1. The van der Waals surface area contributed by atoms with Crippen LogP contribution in [0, 0.1) is 0 Å². The first kappa shape index (κ1) is 80.9. The molecule has 0 saturated heterocycles. The summed E-state index contributed by atoms with van der Waals surface area (Å²) < 4.78 is 10.6. The van der Waals surface area contributed by atoms with Crippen LogP contribution in [0.4, 0.5) is 0 Å². The first-order valence-electron chi connectivity index (χ1n) is 44.2. The second kappa shape index (κ2) is 35.4. The van der Waals surface area contributed by atoms with Crippen molar-refractivity contribution in [3.63, 3.8) is 0 Å². The second-order valence-electron chi connectivity index (χ2n) is 33.2. The summed E-state index contributed by atoms with van der Waals surface area (Å²) in [5.74, 6) is 0. The van der Waals surface area contributed by atoms with Crippen LogP contribution in [0.5, 0.6) is 0 Å². The standard InChI is InChI=1S/C42H28N2.C37H25N.C24H16ClN.C12H10BNO2.C6H5Br/c1-3-11-33(12-4-1)43-40-18-10-8-16-36(40)38-27-31(24-26-41(38)43)29-19-21-30(22-20-29)32-23-25-37-35-15-7-9-17-39(35)44(42(37)28-32)34-13-5-2-6-14-34;1-2-9-31(10-3-1)38-36-13-7-6-12-34(36)35-24-28(19-21-37(35)38)26-16-14-25(15-17-26)27-18-20-33-30(22-27)23-29-8-4-5-11-32(29)33;25-19-13-10-17(11-14-19)18-12-15-24-22(16-18)21-8-4-5-9-23(21)26(24)20-6-2-1-3-7-20;15-13(16)8-5-6-10-9-3-1-2-4-11(9)14-12(10)7-8;7-6-4-2-1-3-5-6/h1-28H;1-22,24H,23H2;1-16H;1-7,14-16H;1-5H. The third-order valence-electron chi connectivity index (χ3n) is 25.4. The van der Waals surface area contributed by atoms with Crippen LogP contribution in [0.25, 0.3) is 199 Å². The van der Waals surface area contributed by atoms with Gasteiger partial charge in [0.25, 0.3) is 0 Å². The minimum atomic E-state index is -1.42. The Morgan fingerprint density at radius 3 is 0.947 bits per heavy atom. The molecule has 0 atom stereocenters. The number of hydrogen-bond acceptors (Lipinski definition) is 2. The molecule has 0 aliphatic heterocycles. The molecule has 0 amide bonds. The molecule has 0 radical (unpaired) electrons. The van der Waals surface area contributed by atoms with Gasteiger partial charge in [0.05, 0.1) is 44.1 Å². The molecule has 0 unspecified atom stereocenters. The van der Waals surface area contributed by atoms with Gasteiger partial charge in [0.1, 0.15) is 0 Å². The van der Waals surface area contributed by atoms with Gasteiger partial charge in [0, 0.05) is 97.1 Å². The predicted octanol–water partition coefficient (Wildman–Crippen LogP) is 31.5. The van der Waals surface area contributed by atoms with Gasteiger partial charge in [0.2, 0.25) is 0 Å². The van der Waals surface area contributed by atoms with Crippen LogP contribution in [0.1, 0.15) is 11.1 Å². The van der Waals surface area contributed by atoms with Crippen molar-refractivity contribution in [1.82, 2.24) is 23.3 Å². The van der Waals surface area contributed by atoms with E-state index in [1.807, 2.05) is 72.8 Å². The van der Waals surface area contributed by atoms with Gasteiger partial charge in [0.15, 0.2) is 0 Å². The molecule has 0 bridgehead atoms. The second-order valence-corrected chi connectivity index (χ2v) is 34.5. The van der Waals surface area contributed by atoms with Crippen LogP contribution in [-0.2, 0) is 6.42 Å². The van der Waals surface area contributed by atoms with Gasteiger partial charge in [-0.15, -0.1) is 0 Å². The zero-order valence-corrected chi connectivity index (χ0v) is 73.7. The number of nitrogens with one attached hydrogen (secondary N) is 1. The highest BCUT2D eigenvalue weighted by Gasteiger charge is 2.22. The molecule has 0 spiro atoms. The fraction of sp³-hybridized carbons (Fsp3) is 0.00826. The van der Waals surface area contributed by atoms with Gasteiger partial charge in [-0.3, -0.25) is 0 Å². The molecule has 5 aromatic heterocycles. The first-order valence-corrected chi connectivity index (χ1v) is 45.4. The Labute approximate surface area is 772 Å². The van der Waals surface area contributed by atoms with E-state index in [4.69, 9.17) is 21.6 Å². The summed E-state index contributed by atoms with van der Waals surface area (Å²) in [6.07, 6.45) is 1.02. The summed E-state index contributed by atoms with van der Waals surface area (Å²) in [5, 5.41) is 31.4. The number of rotatable bonds is 10. The molecule has 25 aromatic rings. The Morgan fingerprint density at radius 1 is 0.221 bits per heavy atom. The van der Waals surface area contributed by atoms with Crippen molar-refractivity contribution in [2.24, 2.45) is 0 Å². The maximum Gasteiger partial charge on any atom is 0.488 e. The van der Waals surface area contributed by atoms with E-state index >= 15 is 0 Å². The zero-order valence-electron chi connectivity index (χ0n) is 71.3. The van der Waals surface area contributed by atoms with Crippen LogP contribution in [0.15, 0.2) is 484 Å².